The van der Waals surface area contributed by atoms with Gasteiger partial charge in [-0.1, -0.05) is 48.9 Å². The Morgan fingerprint density at radius 3 is 2.35 bits per heavy atom. The molecule has 122 valence electrons. The van der Waals surface area contributed by atoms with Gasteiger partial charge in [0.2, 0.25) is 0 Å². The number of rotatable bonds is 3. The molecule has 1 saturated carbocycles. The molecule has 0 atom stereocenters. The summed E-state index contributed by atoms with van der Waals surface area (Å²) in [5.41, 5.74) is 1.53. The summed E-state index contributed by atoms with van der Waals surface area (Å²) in [6, 6.07) is 16.6. The van der Waals surface area contributed by atoms with Crippen molar-refractivity contribution >= 4 is 10.8 Å². The van der Waals surface area contributed by atoms with Gasteiger partial charge in [0.25, 0.3) is 0 Å². The quantitative estimate of drug-likeness (QED) is 0.849. The van der Waals surface area contributed by atoms with E-state index in [0.717, 1.165) is 6.04 Å². The fourth-order valence-electron chi connectivity index (χ4n) is 4.74. The SMILES string of the molecule is c1ccc2c(C[NH+]3CC[NH+](C4CCCCC4)CC3)cccc2c1. The standard InChI is InChI=1S/C21H28N2/c1-2-10-20(11-3-1)23-15-13-22(14-16-23)17-19-9-6-8-18-7-4-5-12-21(18)19/h4-9,12,20H,1-3,10-11,13-17H2/p+2. The first kappa shape index (κ1) is 15.2. The highest BCUT2D eigenvalue weighted by Gasteiger charge is 2.30. The molecule has 2 N–H and O–H groups in total. The van der Waals surface area contributed by atoms with Crippen molar-refractivity contribution in [2.24, 2.45) is 0 Å². The Morgan fingerprint density at radius 2 is 1.52 bits per heavy atom. The molecule has 2 nitrogen and oxygen atoms in total. The molecule has 1 heterocycles. The molecule has 0 bridgehead atoms. The van der Waals surface area contributed by atoms with Crippen LogP contribution >= 0.6 is 0 Å². The molecular weight excluding hydrogens is 280 g/mol. The molecule has 1 aliphatic heterocycles. The van der Waals surface area contributed by atoms with Gasteiger partial charge in [0, 0.05) is 5.56 Å². The van der Waals surface area contributed by atoms with Crippen LogP contribution in [-0.2, 0) is 6.54 Å². The molecule has 0 unspecified atom stereocenters. The van der Waals surface area contributed by atoms with Crippen molar-refractivity contribution in [3.8, 4) is 0 Å². The van der Waals surface area contributed by atoms with Crippen molar-refractivity contribution in [2.75, 3.05) is 26.2 Å². The van der Waals surface area contributed by atoms with Gasteiger partial charge >= 0.3 is 0 Å². The minimum Gasteiger partial charge on any atom is -0.323 e. The van der Waals surface area contributed by atoms with Crippen LogP contribution in [0.2, 0.25) is 0 Å². The Hall–Kier alpha value is -1.38. The summed E-state index contributed by atoms with van der Waals surface area (Å²) in [6.07, 6.45) is 7.38. The highest BCUT2D eigenvalue weighted by molar-refractivity contribution is 5.85. The number of hydrogen-bond donors (Lipinski definition) is 2. The molecule has 0 radical (unpaired) electrons. The normalized spacial score (nSPS) is 26.4. The van der Waals surface area contributed by atoms with Gasteiger partial charge in [0.1, 0.15) is 32.7 Å². The fraction of sp³-hybridized carbons (Fsp3) is 0.524. The average molecular weight is 310 g/mol. The number of benzene rings is 2. The smallest absolute Gasteiger partial charge is 0.127 e. The summed E-state index contributed by atoms with van der Waals surface area (Å²) >= 11 is 0. The van der Waals surface area contributed by atoms with E-state index in [9.17, 15) is 0 Å². The zero-order valence-electron chi connectivity index (χ0n) is 14.2. The molecule has 0 spiro atoms. The number of hydrogen-bond acceptors (Lipinski definition) is 0. The van der Waals surface area contributed by atoms with E-state index in [1.807, 2.05) is 4.90 Å². The van der Waals surface area contributed by atoms with Crippen molar-refractivity contribution < 1.29 is 9.80 Å². The van der Waals surface area contributed by atoms with Crippen LogP contribution in [0.3, 0.4) is 0 Å². The molecule has 0 amide bonds. The lowest BCUT2D eigenvalue weighted by Crippen LogP contribution is -3.29. The summed E-state index contributed by atoms with van der Waals surface area (Å²) in [6.45, 7) is 6.64. The first-order chi connectivity index (χ1) is 11.4. The van der Waals surface area contributed by atoms with Crippen molar-refractivity contribution in [2.45, 2.75) is 44.7 Å². The summed E-state index contributed by atoms with van der Waals surface area (Å²) in [5.74, 6) is 0. The summed E-state index contributed by atoms with van der Waals surface area (Å²) in [5, 5.41) is 2.83. The summed E-state index contributed by atoms with van der Waals surface area (Å²) < 4.78 is 0. The average Bonchev–Trinajstić information content (AvgIpc) is 2.63. The van der Waals surface area contributed by atoms with Crippen LogP contribution in [0.5, 0.6) is 0 Å². The molecule has 4 rings (SSSR count). The minimum atomic E-state index is 0.975. The third-order valence-electron chi connectivity index (χ3n) is 6.10. The van der Waals surface area contributed by atoms with Gasteiger partial charge in [0.05, 0.1) is 6.04 Å². The minimum absolute atomic E-state index is 0.975. The molecule has 23 heavy (non-hydrogen) atoms. The van der Waals surface area contributed by atoms with E-state index >= 15 is 0 Å². The lowest BCUT2D eigenvalue weighted by atomic mass is 9.94. The van der Waals surface area contributed by atoms with Gasteiger partial charge in [-0.15, -0.1) is 0 Å². The van der Waals surface area contributed by atoms with Gasteiger partial charge < -0.3 is 9.80 Å². The van der Waals surface area contributed by atoms with Gasteiger partial charge in [-0.25, -0.2) is 0 Å². The Kier molecular flexibility index (Phi) is 4.63. The van der Waals surface area contributed by atoms with E-state index in [1.165, 1.54) is 81.2 Å². The predicted molar refractivity (Wildman–Crippen MR) is 95.9 cm³/mol. The van der Waals surface area contributed by atoms with E-state index in [4.69, 9.17) is 0 Å². The van der Waals surface area contributed by atoms with Crippen LogP contribution in [-0.4, -0.2) is 32.2 Å². The maximum atomic E-state index is 2.33. The number of quaternary nitrogens is 2. The fourth-order valence-corrected chi connectivity index (χ4v) is 4.74. The Balaban J connectivity index is 1.39. The molecule has 2 heteroatoms. The molecule has 0 aromatic heterocycles. The largest absolute Gasteiger partial charge is 0.323 e. The van der Waals surface area contributed by atoms with Crippen LogP contribution in [0, 0.1) is 0 Å². The van der Waals surface area contributed by atoms with Gasteiger partial charge in [-0.3, -0.25) is 0 Å². The van der Waals surface area contributed by atoms with Crippen LogP contribution in [0.15, 0.2) is 42.5 Å². The molecule has 2 fully saturated rings. The number of nitrogens with one attached hydrogen (secondary N) is 2. The molecule has 1 aliphatic carbocycles. The van der Waals surface area contributed by atoms with Crippen LogP contribution in [0.1, 0.15) is 37.7 Å². The second-order valence-corrected chi connectivity index (χ2v) is 7.56. The Morgan fingerprint density at radius 1 is 0.783 bits per heavy atom. The Bertz CT molecular complexity index is 632. The van der Waals surface area contributed by atoms with Crippen LogP contribution in [0.25, 0.3) is 10.8 Å². The highest BCUT2D eigenvalue weighted by atomic mass is 15.3. The first-order valence-corrected chi connectivity index (χ1v) is 9.55. The molecule has 2 aromatic carbocycles. The van der Waals surface area contributed by atoms with E-state index in [0.29, 0.717) is 0 Å². The maximum Gasteiger partial charge on any atom is 0.127 e. The zero-order valence-corrected chi connectivity index (χ0v) is 14.2. The second-order valence-electron chi connectivity index (χ2n) is 7.56. The molecule has 2 aliphatic rings. The van der Waals surface area contributed by atoms with Gasteiger partial charge in [0.15, 0.2) is 0 Å². The molecule has 1 saturated heterocycles. The Labute approximate surface area is 140 Å². The van der Waals surface area contributed by atoms with Crippen molar-refractivity contribution in [1.29, 1.82) is 0 Å². The third kappa shape index (κ3) is 3.44. The topological polar surface area (TPSA) is 8.88 Å². The van der Waals surface area contributed by atoms with Crippen molar-refractivity contribution in [1.82, 2.24) is 0 Å². The number of piperazine rings is 1. The lowest BCUT2D eigenvalue weighted by Gasteiger charge is -2.36. The summed E-state index contributed by atoms with van der Waals surface area (Å²) in [4.78, 5) is 3.69. The summed E-state index contributed by atoms with van der Waals surface area (Å²) in [7, 11) is 0. The predicted octanol–water partition coefficient (Wildman–Crippen LogP) is 1.46. The molecular formula is C21H30N2+2. The van der Waals surface area contributed by atoms with E-state index in [2.05, 4.69) is 42.5 Å². The van der Waals surface area contributed by atoms with Crippen molar-refractivity contribution in [3.63, 3.8) is 0 Å². The van der Waals surface area contributed by atoms with E-state index < -0.39 is 0 Å². The number of fused-ring (bicyclic) bond motifs is 1. The van der Waals surface area contributed by atoms with E-state index in [1.54, 1.807) is 4.90 Å². The monoisotopic (exact) mass is 310 g/mol. The molecule has 2 aromatic rings. The zero-order chi connectivity index (χ0) is 15.5. The second kappa shape index (κ2) is 7.02. The van der Waals surface area contributed by atoms with E-state index in [-0.39, 0.29) is 0 Å². The highest BCUT2D eigenvalue weighted by Crippen LogP contribution is 2.18. The lowest BCUT2D eigenvalue weighted by molar-refractivity contribution is -1.03. The van der Waals surface area contributed by atoms with Crippen molar-refractivity contribution in [3.05, 3.63) is 48.0 Å². The van der Waals surface area contributed by atoms with Crippen LogP contribution in [0.4, 0.5) is 0 Å². The maximum absolute atomic E-state index is 2.33. The van der Waals surface area contributed by atoms with Crippen LogP contribution < -0.4 is 9.80 Å². The van der Waals surface area contributed by atoms with Gasteiger partial charge in [-0.2, -0.15) is 0 Å². The third-order valence-corrected chi connectivity index (χ3v) is 6.10. The first-order valence-electron chi connectivity index (χ1n) is 9.55. The van der Waals surface area contributed by atoms with Gasteiger partial charge in [-0.05, 0) is 36.5 Å².